The molecule has 0 aliphatic carbocycles. The van der Waals surface area contributed by atoms with E-state index in [0.717, 1.165) is 63.6 Å². The van der Waals surface area contributed by atoms with Crippen molar-refractivity contribution in [3.8, 4) is 11.5 Å². The first-order chi connectivity index (χ1) is 12.1. The summed E-state index contributed by atoms with van der Waals surface area (Å²) in [4.78, 5) is 4.83. The fraction of sp³-hybridized carbons (Fsp3) is 0.700. The molecule has 3 aliphatic heterocycles. The van der Waals surface area contributed by atoms with E-state index in [9.17, 15) is 5.11 Å². The number of ether oxygens (including phenoxy) is 2. The Morgan fingerprint density at radius 1 is 1.00 bits per heavy atom. The maximum atomic E-state index is 11.1. The molecule has 5 nitrogen and oxygen atoms in total. The number of likely N-dealkylation sites (tertiary alicyclic amines) is 2. The van der Waals surface area contributed by atoms with E-state index >= 15 is 0 Å². The van der Waals surface area contributed by atoms with Gasteiger partial charge < -0.3 is 19.5 Å². The second kappa shape index (κ2) is 7.14. The second-order valence-electron chi connectivity index (χ2n) is 7.94. The van der Waals surface area contributed by atoms with Crippen LogP contribution >= 0.6 is 0 Å². The molecule has 0 radical (unpaired) electrons. The van der Waals surface area contributed by atoms with Crippen LogP contribution in [0.25, 0.3) is 0 Å². The van der Waals surface area contributed by atoms with Gasteiger partial charge in [0.2, 0.25) is 0 Å². The van der Waals surface area contributed by atoms with Gasteiger partial charge in [-0.1, -0.05) is 0 Å². The molecule has 1 aromatic rings. The van der Waals surface area contributed by atoms with Gasteiger partial charge in [-0.05, 0) is 75.5 Å². The van der Waals surface area contributed by atoms with E-state index in [1.54, 1.807) is 0 Å². The molecule has 3 heterocycles. The number of piperidine rings is 1. The average Bonchev–Trinajstić information content (AvgIpc) is 3.08. The largest absolute Gasteiger partial charge is 0.486 e. The highest BCUT2D eigenvalue weighted by atomic mass is 16.6. The van der Waals surface area contributed by atoms with Crippen LogP contribution in [0.3, 0.4) is 0 Å². The SMILES string of the molecule is Cc1cc2c(cc1CN1CCC[C@@](O)(CN3CCCC3)C1)OCCO2. The lowest BCUT2D eigenvalue weighted by molar-refractivity contribution is -0.0519. The molecule has 1 atom stereocenters. The van der Waals surface area contributed by atoms with Crippen LogP contribution in [0.1, 0.15) is 36.8 Å². The molecular weight excluding hydrogens is 316 g/mol. The van der Waals surface area contributed by atoms with Crippen LogP contribution in [0.4, 0.5) is 0 Å². The summed E-state index contributed by atoms with van der Waals surface area (Å²) in [5, 5.41) is 11.1. The number of hydrogen-bond donors (Lipinski definition) is 1. The van der Waals surface area contributed by atoms with E-state index in [0.29, 0.717) is 13.2 Å². The highest BCUT2D eigenvalue weighted by Crippen LogP contribution is 2.34. The predicted molar refractivity (Wildman–Crippen MR) is 97.3 cm³/mol. The van der Waals surface area contributed by atoms with Crippen molar-refractivity contribution in [2.24, 2.45) is 0 Å². The Morgan fingerprint density at radius 3 is 2.44 bits per heavy atom. The molecular formula is C20H30N2O3. The number of β-amino-alcohol motifs (C(OH)–C–C–N with tert-alkyl or cyclic N) is 1. The van der Waals surface area contributed by atoms with E-state index in [-0.39, 0.29) is 0 Å². The summed E-state index contributed by atoms with van der Waals surface area (Å²) < 4.78 is 11.4. The molecule has 1 aromatic carbocycles. The third kappa shape index (κ3) is 3.94. The monoisotopic (exact) mass is 346 g/mol. The summed E-state index contributed by atoms with van der Waals surface area (Å²) in [6, 6.07) is 4.21. The third-order valence-electron chi connectivity index (χ3n) is 5.75. The first kappa shape index (κ1) is 17.1. The Labute approximate surface area is 150 Å². The molecule has 2 fully saturated rings. The highest BCUT2D eigenvalue weighted by molar-refractivity contribution is 5.47. The molecule has 0 spiro atoms. The van der Waals surface area contributed by atoms with Crippen LogP contribution < -0.4 is 9.47 Å². The molecule has 3 aliphatic rings. The van der Waals surface area contributed by atoms with E-state index in [1.165, 1.54) is 24.0 Å². The van der Waals surface area contributed by atoms with Crippen molar-refractivity contribution in [1.29, 1.82) is 0 Å². The van der Waals surface area contributed by atoms with Crippen LogP contribution in [-0.4, -0.2) is 66.4 Å². The van der Waals surface area contributed by atoms with Crippen molar-refractivity contribution in [1.82, 2.24) is 9.80 Å². The molecule has 0 bridgehead atoms. The molecule has 0 amide bonds. The van der Waals surface area contributed by atoms with Gasteiger partial charge in [-0.25, -0.2) is 0 Å². The fourth-order valence-electron chi connectivity index (χ4n) is 4.47. The topological polar surface area (TPSA) is 45.2 Å². The lowest BCUT2D eigenvalue weighted by Crippen LogP contribution is -2.53. The molecule has 4 rings (SSSR count). The number of nitrogens with zero attached hydrogens (tertiary/aromatic N) is 2. The number of rotatable bonds is 4. The molecule has 2 saturated heterocycles. The summed E-state index contributed by atoms with van der Waals surface area (Å²) in [5.74, 6) is 1.72. The van der Waals surface area contributed by atoms with Crippen LogP contribution in [-0.2, 0) is 6.54 Å². The first-order valence-electron chi connectivity index (χ1n) is 9.68. The zero-order valence-electron chi connectivity index (χ0n) is 15.3. The normalized spacial score (nSPS) is 27.6. The Bertz CT molecular complexity index is 615. The number of fused-ring (bicyclic) bond motifs is 1. The third-order valence-corrected chi connectivity index (χ3v) is 5.75. The Balaban J connectivity index is 1.43. The molecule has 0 aromatic heterocycles. The molecule has 0 saturated carbocycles. The zero-order valence-corrected chi connectivity index (χ0v) is 15.3. The van der Waals surface area contributed by atoms with E-state index in [2.05, 4.69) is 28.9 Å². The van der Waals surface area contributed by atoms with Crippen molar-refractivity contribution < 1.29 is 14.6 Å². The van der Waals surface area contributed by atoms with Gasteiger partial charge in [0.25, 0.3) is 0 Å². The number of hydrogen-bond acceptors (Lipinski definition) is 5. The molecule has 5 heteroatoms. The smallest absolute Gasteiger partial charge is 0.161 e. The maximum Gasteiger partial charge on any atom is 0.161 e. The van der Waals surface area contributed by atoms with Crippen LogP contribution in [0.5, 0.6) is 11.5 Å². The average molecular weight is 346 g/mol. The number of aryl methyl sites for hydroxylation is 1. The number of aliphatic hydroxyl groups is 1. The van der Waals surface area contributed by atoms with E-state index in [4.69, 9.17) is 9.47 Å². The Morgan fingerprint density at radius 2 is 1.68 bits per heavy atom. The predicted octanol–water partition coefficient (Wildman–Crippen LogP) is 2.19. The summed E-state index contributed by atoms with van der Waals surface area (Å²) in [6.45, 7) is 9.17. The standard InChI is InChI=1S/C20H30N2O3/c1-16-11-18-19(25-10-9-24-18)12-17(16)13-22-8-4-5-20(23,15-22)14-21-6-2-3-7-21/h11-12,23H,2-10,13-15H2,1H3/t20-/m1/s1. The first-order valence-corrected chi connectivity index (χ1v) is 9.68. The Kier molecular flexibility index (Phi) is 4.89. The van der Waals surface area contributed by atoms with Crippen LogP contribution in [0.2, 0.25) is 0 Å². The summed E-state index contributed by atoms with van der Waals surface area (Å²) in [6.07, 6.45) is 4.53. The quantitative estimate of drug-likeness (QED) is 0.905. The summed E-state index contributed by atoms with van der Waals surface area (Å²) in [5.41, 5.74) is 1.94. The number of benzene rings is 1. The van der Waals surface area contributed by atoms with Crippen molar-refractivity contribution in [2.75, 3.05) is 45.9 Å². The van der Waals surface area contributed by atoms with Gasteiger partial charge in [-0.2, -0.15) is 0 Å². The van der Waals surface area contributed by atoms with Crippen molar-refractivity contribution in [2.45, 2.75) is 44.8 Å². The minimum Gasteiger partial charge on any atom is -0.486 e. The Hall–Kier alpha value is -1.30. The van der Waals surface area contributed by atoms with Gasteiger partial charge >= 0.3 is 0 Å². The van der Waals surface area contributed by atoms with Crippen molar-refractivity contribution in [3.63, 3.8) is 0 Å². The molecule has 25 heavy (non-hydrogen) atoms. The maximum absolute atomic E-state index is 11.1. The van der Waals surface area contributed by atoms with Crippen molar-refractivity contribution >= 4 is 0 Å². The van der Waals surface area contributed by atoms with E-state index in [1.807, 2.05) is 0 Å². The van der Waals surface area contributed by atoms with Gasteiger partial charge in [0.1, 0.15) is 13.2 Å². The van der Waals surface area contributed by atoms with Gasteiger partial charge in [-0.3, -0.25) is 4.90 Å². The van der Waals surface area contributed by atoms with Crippen LogP contribution in [0.15, 0.2) is 12.1 Å². The van der Waals surface area contributed by atoms with Gasteiger partial charge in [-0.15, -0.1) is 0 Å². The second-order valence-corrected chi connectivity index (χ2v) is 7.94. The lowest BCUT2D eigenvalue weighted by Gasteiger charge is -2.41. The molecule has 0 unspecified atom stereocenters. The lowest BCUT2D eigenvalue weighted by atomic mass is 9.91. The molecule has 1 N–H and O–H groups in total. The fourth-order valence-corrected chi connectivity index (χ4v) is 4.47. The molecule has 138 valence electrons. The van der Waals surface area contributed by atoms with E-state index < -0.39 is 5.60 Å². The van der Waals surface area contributed by atoms with Gasteiger partial charge in [0, 0.05) is 19.6 Å². The summed E-state index contributed by atoms with van der Waals surface area (Å²) in [7, 11) is 0. The van der Waals surface area contributed by atoms with Gasteiger partial charge in [0.15, 0.2) is 11.5 Å². The minimum absolute atomic E-state index is 0.565. The highest BCUT2D eigenvalue weighted by Gasteiger charge is 2.35. The van der Waals surface area contributed by atoms with Crippen molar-refractivity contribution in [3.05, 3.63) is 23.3 Å². The summed E-state index contributed by atoms with van der Waals surface area (Å²) >= 11 is 0. The van der Waals surface area contributed by atoms with Crippen LogP contribution in [0, 0.1) is 6.92 Å². The zero-order chi connectivity index (χ0) is 17.3. The van der Waals surface area contributed by atoms with Gasteiger partial charge in [0.05, 0.1) is 5.60 Å². The minimum atomic E-state index is -0.565.